The molecule has 0 unspecified atom stereocenters. The van der Waals surface area contributed by atoms with Gasteiger partial charge in [-0.1, -0.05) is 12.1 Å². The van der Waals surface area contributed by atoms with Crippen LogP contribution in [-0.4, -0.2) is 36.8 Å². The van der Waals surface area contributed by atoms with E-state index in [0.29, 0.717) is 12.3 Å². The Morgan fingerprint density at radius 3 is 2.42 bits per heavy atom. The number of nitrogens with two attached hydrogens (primary N) is 1. The van der Waals surface area contributed by atoms with E-state index in [9.17, 15) is 4.79 Å². The number of hydrogen-bond donors (Lipinski definition) is 3. The van der Waals surface area contributed by atoms with Gasteiger partial charge < -0.3 is 25.8 Å². The Balaban J connectivity index is 2.64. The van der Waals surface area contributed by atoms with E-state index in [1.54, 1.807) is 7.11 Å². The van der Waals surface area contributed by atoms with E-state index in [1.807, 2.05) is 58.9 Å². The average Bonchev–Trinajstić information content (AvgIpc) is 2.43. The van der Waals surface area contributed by atoms with Crippen molar-refractivity contribution < 1.29 is 14.3 Å². The zero-order valence-electron chi connectivity index (χ0n) is 15.3. The number of nitrogens with zero attached hydrogens (tertiary/aromatic N) is 1. The summed E-state index contributed by atoms with van der Waals surface area (Å²) >= 11 is 0. The smallest absolute Gasteiger partial charge is 0.408 e. The van der Waals surface area contributed by atoms with E-state index in [0.717, 1.165) is 5.69 Å². The Morgan fingerprint density at radius 1 is 1.21 bits per heavy atom. The highest BCUT2D eigenvalue weighted by molar-refractivity contribution is 5.93. The number of amides is 1. The molecule has 0 bridgehead atoms. The van der Waals surface area contributed by atoms with Gasteiger partial charge in [0.1, 0.15) is 11.4 Å². The summed E-state index contributed by atoms with van der Waals surface area (Å²) in [6, 6.07) is 7.40. The summed E-state index contributed by atoms with van der Waals surface area (Å²) in [5.41, 5.74) is 5.48. The lowest BCUT2D eigenvalue weighted by Gasteiger charge is -2.27. The van der Waals surface area contributed by atoms with Crippen LogP contribution in [0.25, 0.3) is 0 Å². The summed E-state index contributed by atoms with van der Waals surface area (Å²) in [4.78, 5) is 16.1. The van der Waals surface area contributed by atoms with Crippen LogP contribution in [0.1, 0.15) is 34.6 Å². The van der Waals surface area contributed by atoms with Crippen molar-refractivity contribution in [2.24, 2.45) is 10.7 Å². The molecule has 1 amide bonds. The van der Waals surface area contributed by atoms with Crippen LogP contribution in [-0.2, 0) is 4.74 Å². The lowest BCUT2D eigenvalue weighted by atomic mass is 10.1. The Kier molecular flexibility index (Phi) is 6.45. The number of guanidine groups is 1. The molecule has 7 heteroatoms. The molecule has 1 aromatic carbocycles. The largest absolute Gasteiger partial charge is 0.495 e. The second-order valence-electron chi connectivity index (χ2n) is 7.04. The second-order valence-corrected chi connectivity index (χ2v) is 7.04. The fraction of sp³-hybridized carbons (Fsp3) is 0.529. The molecule has 0 saturated heterocycles. The summed E-state index contributed by atoms with van der Waals surface area (Å²) in [7, 11) is 1.59. The standard InChI is InChI=1S/C17H28N4O3/c1-16(2,3)24-15(22)21-17(4,5)11-19-14(18)20-12-9-7-8-10-13(12)23-6/h7-10H,11H2,1-6H3,(H,21,22)(H3,18,19,20). The van der Waals surface area contributed by atoms with Crippen LogP contribution in [0.2, 0.25) is 0 Å². The highest BCUT2D eigenvalue weighted by Crippen LogP contribution is 2.22. The number of rotatable bonds is 5. The molecule has 0 saturated carbocycles. The molecule has 24 heavy (non-hydrogen) atoms. The van der Waals surface area contributed by atoms with Crippen LogP contribution in [0.15, 0.2) is 29.3 Å². The molecule has 0 spiro atoms. The van der Waals surface area contributed by atoms with Gasteiger partial charge in [0.15, 0.2) is 5.96 Å². The third kappa shape index (κ3) is 7.21. The predicted molar refractivity (Wildman–Crippen MR) is 96.6 cm³/mol. The maximum Gasteiger partial charge on any atom is 0.408 e. The fourth-order valence-electron chi connectivity index (χ4n) is 1.83. The molecular weight excluding hydrogens is 308 g/mol. The number of nitrogens with one attached hydrogen (secondary N) is 2. The first-order chi connectivity index (χ1) is 11.0. The van der Waals surface area contributed by atoms with Crippen molar-refractivity contribution in [2.45, 2.75) is 45.8 Å². The Morgan fingerprint density at radius 2 is 1.83 bits per heavy atom. The average molecular weight is 336 g/mol. The van der Waals surface area contributed by atoms with E-state index in [2.05, 4.69) is 15.6 Å². The van der Waals surface area contributed by atoms with Crippen LogP contribution >= 0.6 is 0 Å². The molecule has 0 radical (unpaired) electrons. The normalized spacial score (nSPS) is 12.5. The Bertz CT molecular complexity index is 592. The summed E-state index contributed by atoms with van der Waals surface area (Å²) in [6.45, 7) is 9.42. The number of benzene rings is 1. The van der Waals surface area contributed by atoms with E-state index < -0.39 is 17.2 Å². The number of methoxy groups -OCH3 is 1. The van der Waals surface area contributed by atoms with E-state index >= 15 is 0 Å². The molecule has 0 aliphatic heterocycles. The third-order valence-electron chi connectivity index (χ3n) is 2.85. The fourth-order valence-corrected chi connectivity index (χ4v) is 1.83. The highest BCUT2D eigenvalue weighted by Gasteiger charge is 2.24. The third-order valence-corrected chi connectivity index (χ3v) is 2.85. The van der Waals surface area contributed by atoms with Crippen molar-refractivity contribution in [3.8, 4) is 5.75 Å². The zero-order valence-corrected chi connectivity index (χ0v) is 15.3. The molecule has 0 aliphatic rings. The molecule has 0 fully saturated rings. The van der Waals surface area contributed by atoms with Gasteiger partial charge in [-0.2, -0.15) is 0 Å². The molecular formula is C17H28N4O3. The van der Waals surface area contributed by atoms with E-state index in [4.69, 9.17) is 15.2 Å². The van der Waals surface area contributed by atoms with Gasteiger partial charge in [0, 0.05) is 0 Å². The minimum atomic E-state index is -0.602. The topological polar surface area (TPSA) is 98.0 Å². The molecule has 0 atom stereocenters. The van der Waals surface area contributed by atoms with Gasteiger partial charge in [0.2, 0.25) is 0 Å². The summed E-state index contributed by atoms with van der Waals surface area (Å²) in [6.07, 6.45) is -0.487. The van der Waals surface area contributed by atoms with Gasteiger partial charge in [0.25, 0.3) is 0 Å². The number of carbonyl (C=O) groups is 1. The van der Waals surface area contributed by atoms with Gasteiger partial charge in [-0.15, -0.1) is 0 Å². The summed E-state index contributed by atoms with van der Waals surface area (Å²) < 4.78 is 10.5. The predicted octanol–water partition coefficient (Wildman–Crippen LogP) is 2.73. The lowest BCUT2D eigenvalue weighted by Crippen LogP contribution is -2.48. The summed E-state index contributed by atoms with van der Waals surface area (Å²) in [5, 5.41) is 5.76. The molecule has 0 heterocycles. The van der Waals surface area contributed by atoms with Crippen LogP contribution in [0.5, 0.6) is 5.75 Å². The van der Waals surface area contributed by atoms with Crippen molar-refractivity contribution in [1.29, 1.82) is 0 Å². The molecule has 134 valence electrons. The van der Waals surface area contributed by atoms with Gasteiger partial charge in [-0.05, 0) is 46.8 Å². The van der Waals surface area contributed by atoms with Crippen LogP contribution in [0, 0.1) is 0 Å². The zero-order chi connectivity index (χ0) is 18.4. The first-order valence-electron chi connectivity index (χ1n) is 7.73. The molecule has 0 aliphatic carbocycles. The van der Waals surface area contributed by atoms with Gasteiger partial charge >= 0.3 is 6.09 Å². The van der Waals surface area contributed by atoms with Gasteiger partial charge in [0.05, 0.1) is 24.9 Å². The van der Waals surface area contributed by atoms with E-state index in [-0.39, 0.29) is 5.96 Å². The Labute approximate surface area is 143 Å². The number of para-hydroxylation sites is 2. The van der Waals surface area contributed by atoms with Gasteiger partial charge in [-0.3, -0.25) is 4.99 Å². The number of ether oxygens (including phenoxy) is 2. The first-order valence-corrected chi connectivity index (χ1v) is 7.73. The van der Waals surface area contributed by atoms with Crippen LogP contribution in [0.4, 0.5) is 10.5 Å². The first kappa shape index (κ1) is 19.6. The molecule has 4 N–H and O–H groups in total. The van der Waals surface area contributed by atoms with E-state index in [1.165, 1.54) is 0 Å². The minimum absolute atomic E-state index is 0.235. The maximum absolute atomic E-state index is 11.8. The maximum atomic E-state index is 11.8. The number of anilines is 1. The van der Waals surface area contributed by atoms with Crippen LogP contribution < -0.4 is 21.1 Å². The molecule has 1 rings (SSSR count). The minimum Gasteiger partial charge on any atom is -0.495 e. The lowest BCUT2D eigenvalue weighted by molar-refractivity contribution is 0.0476. The second kappa shape index (κ2) is 7.90. The van der Waals surface area contributed by atoms with Crippen molar-refractivity contribution in [2.75, 3.05) is 19.0 Å². The number of carbonyl (C=O) groups excluding carboxylic acids is 1. The number of aliphatic imine (C=N–C) groups is 1. The summed E-state index contributed by atoms with van der Waals surface area (Å²) in [5.74, 6) is 0.903. The van der Waals surface area contributed by atoms with Crippen molar-refractivity contribution in [3.05, 3.63) is 24.3 Å². The van der Waals surface area contributed by atoms with Gasteiger partial charge in [-0.25, -0.2) is 4.79 Å². The highest BCUT2D eigenvalue weighted by atomic mass is 16.6. The SMILES string of the molecule is COc1ccccc1NC(N)=NCC(C)(C)NC(=O)OC(C)(C)C. The van der Waals surface area contributed by atoms with Crippen molar-refractivity contribution in [1.82, 2.24) is 5.32 Å². The monoisotopic (exact) mass is 336 g/mol. The number of hydrogen-bond acceptors (Lipinski definition) is 4. The van der Waals surface area contributed by atoms with Crippen LogP contribution in [0.3, 0.4) is 0 Å². The number of alkyl carbamates (subject to hydrolysis) is 1. The molecule has 1 aromatic rings. The van der Waals surface area contributed by atoms with Crippen molar-refractivity contribution in [3.63, 3.8) is 0 Å². The Hall–Kier alpha value is -2.44. The quantitative estimate of drug-likeness (QED) is 0.567. The molecule has 7 nitrogen and oxygen atoms in total. The van der Waals surface area contributed by atoms with Crippen molar-refractivity contribution >= 4 is 17.7 Å². The molecule has 0 aromatic heterocycles.